The molecule has 0 N–H and O–H groups in total. The van der Waals surface area contributed by atoms with Crippen LogP contribution in [0.4, 0.5) is 0 Å². The van der Waals surface area contributed by atoms with E-state index in [0.717, 1.165) is 34.5 Å². The molecule has 0 unspecified atom stereocenters. The lowest BCUT2D eigenvalue weighted by atomic mass is 9.94. The monoisotopic (exact) mass is 613 g/mol. The fourth-order valence-electron chi connectivity index (χ4n) is 7.57. The molecule has 0 aliphatic heterocycles. The van der Waals surface area contributed by atoms with E-state index in [2.05, 4.69) is 174 Å². The molecule has 226 valence electrons. The van der Waals surface area contributed by atoms with Gasteiger partial charge in [0.05, 0.1) is 28.4 Å². The highest BCUT2D eigenvalue weighted by Crippen LogP contribution is 2.38. The first-order valence-corrected chi connectivity index (χ1v) is 16.4. The van der Waals surface area contributed by atoms with Crippen LogP contribution in [0.1, 0.15) is 16.7 Å². The summed E-state index contributed by atoms with van der Waals surface area (Å²) in [5.41, 5.74) is 13.2. The van der Waals surface area contributed by atoms with Gasteiger partial charge >= 0.3 is 0 Å². The normalized spacial score (nSPS) is 11.5. The molecule has 7 aromatic carbocycles. The van der Waals surface area contributed by atoms with Crippen LogP contribution >= 0.6 is 0 Å². The van der Waals surface area contributed by atoms with Gasteiger partial charge < -0.3 is 9.13 Å². The van der Waals surface area contributed by atoms with Crippen LogP contribution in [0.5, 0.6) is 0 Å². The minimum absolute atomic E-state index is 0.663. The fraction of sp³-hybridized carbons (Fsp3) is 0.0444. The molecule has 2 heterocycles. The Hall–Kier alpha value is -6.37. The van der Waals surface area contributed by atoms with E-state index in [1.807, 2.05) is 6.07 Å². The molecule has 3 nitrogen and oxygen atoms in total. The number of aryl methyl sites for hydroxylation is 1. The van der Waals surface area contributed by atoms with Gasteiger partial charge in [0.15, 0.2) is 0 Å². The number of aromatic nitrogens is 2. The predicted octanol–water partition coefficient (Wildman–Crippen LogP) is 11.5. The number of rotatable bonds is 5. The van der Waals surface area contributed by atoms with E-state index in [4.69, 9.17) is 0 Å². The summed E-state index contributed by atoms with van der Waals surface area (Å²) in [6.45, 7) is 2.96. The summed E-state index contributed by atoms with van der Waals surface area (Å²) in [6, 6.07) is 58.3. The van der Waals surface area contributed by atoms with Gasteiger partial charge in [0.1, 0.15) is 0 Å². The van der Waals surface area contributed by atoms with Gasteiger partial charge in [-0.1, -0.05) is 121 Å². The van der Waals surface area contributed by atoms with Crippen LogP contribution in [0, 0.1) is 18.3 Å². The summed E-state index contributed by atoms with van der Waals surface area (Å²) >= 11 is 0. The molecule has 9 aromatic rings. The lowest BCUT2D eigenvalue weighted by molar-refractivity contribution is 0.869. The molecule has 0 saturated heterocycles. The molecule has 0 saturated carbocycles. The number of para-hydroxylation sites is 4. The third kappa shape index (κ3) is 4.35. The second kappa shape index (κ2) is 11.2. The van der Waals surface area contributed by atoms with Gasteiger partial charge in [0.2, 0.25) is 0 Å². The van der Waals surface area contributed by atoms with Crippen molar-refractivity contribution in [3.8, 4) is 34.0 Å². The summed E-state index contributed by atoms with van der Waals surface area (Å²) in [7, 11) is 0. The number of benzene rings is 7. The molecule has 0 fully saturated rings. The first-order chi connectivity index (χ1) is 23.7. The van der Waals surface area contributed by atoms with Crippen LogP contribution in [-0.2, 0) is 6.54 Å². The van der Waals surface area contributed by atoms with E-state index >= 15 is 0 Å². The molecule has 3 heteroatoms. The first kappa shape index (κ1) is 27.9. The molecule has 0 bridgehead atoms. The van der Waals surface area contributed by atoms with Crippen molar-refractivity contribution >= 4 is 43.6 Å². The highest BCUT2D eigenvalue weighted by molar-refractivity contribution is 6.11. The zero-order chi connectivity index (χ0) is 32.2. The molecule has 0 radical (unpaired) electrons. The van der Waals surface area contributed by atoms with Crippen molar-refractivity contribution in [1.82, 2.24) is 9.13 Å². The van der Waals surface area contributed by atoms with Crippen molar-refractivity contribution in [1.29, 1.82) is 5.26 Å². The average Bonchev–Trinajstić information content (AvgIpc) is 3.65. The molecule has 9 rings (SSSR count). The largest absolute Gasteiger partial charge is 0.336 e. The second-order valence-electron chi connectivity index (χ2n) is 12.5. The van der Waals surface area contributed by atoms with Crippen LogP contribution in [0.25, 0.3) is 71.6 Å². The van der Waals surface area contributed by atoms with Crippen LogP contribution in [0.2, 0.25) is 0 Å². The summed E-state index contributed by atoms with van der Waals surface area (Å²) in [4.78, 5) is 0. The van der Waals surface area contributed by atoms with Gasteiger partial charge in [0.25, 0.3) is 0 Å². The van der Waals surface area contributed by atoms with Crippen molar-refractivity contribution in [2.45, 2.75) is 13.5 Å². The standard InChI is InChI=1S/C45H31N3/c1-30-11-10-20-44-45(30)39-15-5-9-19-43(39)48(44)42-18-8-2-12-36(42)33-25-26-35(34(27-33)28-46)32-23-21-31(22-24-32)29-47-40-16-6-3-13-37(40)38-14-4-7-17-41(38)47/h2-27H,29H2,1H3. The smallest absolute Gasteiger partial charge is 0.0998 e. The Morgan fingerprint density at radius 1 is 0.521 bits per heavy atom. The van der Waals surface area contributed by atoms with Crippen LogP contribution < -0.4 is 0 Å². The molecule has 0 amide bonds. The average molecular weight is 614 g/mol. The topological polar surface area (TPSA) is 33.6 Å². The van der Waals surface area contributed by atoms with Crippen LogP contribution in [0.3, 0.4) is 0 Å². The van der Waals surface area contributed by atoms with Crippen molar-refractivity contribution in [3.05, 3.63) is 174 Å². The SMILES string of the molecule is Cc1cccc2c1c1ccccc1n2-c1ccccc1-c1ccc(-c2ccc(Cn3c4ccccc4c4ccccc43)cc2)c(C#N)c1. The lowest BCUT2D eigenvalue weighted by Crippen LogP contribution is -1.99. The van der Waals surface area contributed by atoms with Crippen LogP contribution in [-0.4, -0.2) is 9.13 Å². The van der Waals surface area contributed by atoms with Gasteiger partial charge in [-0.25, -0.2) is 0 Å². The molecular weight excluding hydrogens is 583 g/mol. The lowest BCUT2D eigenvalue weighted by Gasteiger charge is -2.15. The molecule has 2 aromatic heterocycles. The Kier molecular flexibility index (Phi) is 6.48. The van der Waals surface area contributed by atoms with Gasteiger partial charge in [-0.05, 0) is 71.1 Å². The number of nitriles is 1. The maximum atomic E-state index is 10.4. The zero-order valence-corrected chi connectivity index (χ0v) is 26.6. The van der Waals surface area contributed by atoms with Crippen molar-refractivity contribution < 1.29 is 0 Å². The minimum Gasteiger partial charge on any atom is -0.336 e. The van der Waals surface area contributed by atoms with Crippen molar-refractivity contribution in [3.63, 3.8) is 0 Å². The Balaban J connectivity index is 1.10. The number of fused-ring (bicyclic) bond motifs is 6. The van der Waals surface area contributed by atoms with E-state index in [-0.39, 0.29) is 0 Å². The third-order valence-corrected chi connectivity index (χ3v) is 9.79. The van der Waals surface area contributed by atoms with E-state index in [9.17, 15) is 5.26 Å². The molecule has 0 atom stereocenters. The van der Waals surface area contributed by atoms with Gasteiger partial charge in [-0.15, -0.1) is 0 Å². The molecule has 48 heavy (non-hydrogen) atoms. The summed E-state index contributed by atoms with van der Waals surface area (Å²) in [5.74, 6) is 0. The second-order valence-corrected chi connectivity index (χ2v) is 12.5. The predicted molar refractivity (Wildman–Crippen MR) is 200 cm³/mol. The first-order valence-electron chi connectivity index (χ1n) is 16.4. The maximum Gasteiger partial charge on any atom is 0.0998 e. The Labute approximate surface area is 279 Å². The third-order valence-electron chi connectivity index (χ3n) is 9.79. The van der Waals surface area contributed by atoms with Crippen LogP contribution in [0.15, 0.2) is 158 Å². The highest BCUT2D eigenvalue weighted by atomic mass is 15.0. The Morgan fingerprint density at radius 3 is 1.85 bits per heavy atom. The number of nitrogens with zero attached hydrogens (tertiary/aromatic N) is 3. The van der Waals surface area contributed by atoms with Gasteiger partial charge in [-0.2, -0.15) is 5.26 Å². The van der Waals surface area contributed by atoms with Gasteiger partial charge in [0, 0.05) is 44.7 Å². The molecule has 0 aliphatic rings. The molecular formula is C45H31N3. The quantitative estimate of drug-likeness (QED) is 0.190. The summed E-state index contributed by atoms with van der Waals surface area (Å²) in [6.07, 6.45) is 0. The van der Waals surface area contributed by atoms with E-state index in [0.29, 0.717) is 5.56 Å². The number of hydrogen-bond donors (Lipinski definition) is 0. The molecule has 0 spiro atoms. The van der Waals surface area contributed by atoms with Crippen molar-refractivity contribution in [2.24, 2.45) is 0 Å². The molecule has 0 aliphatic carbocycles. The summed E-state index contributed by atoms with van der Waals surface area (Å²) in [5, 5.41) is 15.5. The Morgan fingerprint density at radius 2 is 1.12 bits per heavy atom. The summed E-state index contributed by atoms with van der Waals surface area (Å²) < 4.78 is 4.76. The number of hydrogen-bond acceptors (Lipinski definition) is 1. The minimum atomic E-state index is 0.663. The van der Waals surface area contributed by atoms with Gasteiger partial charge in [-0.3, -0.25) is 0 Å². The zero-order valence-electron chi connectivity index (χ0n) is 26.6. The van der Waals surface area contributed by atoms with E-state index in [1.165, 1.54) is 54.7 Å². The fourth-order valence-corrected chi connectivity index (χ4v) is 7.57. The van der Waals surface area contributed by atoms with Crippen molar-refractivity contribution in [2.75, 3.05) is 0 Å². The van der Waals surface area contributed by atoms with E-state index < -0.39 is 0 Å². The Bertz CT molecular complexity index is 2660. The maximum absolute atomic E-state index is 10.4. The highest BCUT2D eigenvalue weighted by Gasteiger charge is 2.17. The van der Waals surface area contributed by atoms with E-state index in [1.54, 1.807) is 0 Å².